The number of para-hydroxylation sites is 9. The average molecular weight is 1250 g/mol. The van der Waals surface area contributed by atoms with Gasteiger partial charge in [0.1, 0.15) is 0 Å². The number of rotatable bonds is 19. The van der Waals surface area contributed by atoms with E-state index in [0.717, 1.165) is 130 Å². The Hall–Kier alpha value is -13.1. The van der Waals surface area contributed by atoms with Gasteiger partial charge in [-0.1, -0.05) is 176 Å². The predicted molar refractivity (Wildman–Crippen MR) is 409 cm³/mol. The van der Waals surface area contributed by atoms with Crippen molar-refractivity contribution in [1.82, 2.24) is 4.57 Å². The van der Waals surface area contributed by atoms with Crippen LogP contribution in [0.4, 0.5) is 102 Å². The zero-order chi connectivity index (χ0) is 64.7. The third kappa shape index (κ3) is 12.0. The van der Waals surface area contributed by atoms with E-state index in [0.29, 0.717) is 0 Å². The van der Waals surface area contributed by atoms with E-state index in [1.54, 1.807) is 0 Å². The van der Waals surface area contributed by atoms with Crippen LogP contribution >= 0.6 is 0 Å². The minimum absolute atomic E-state index is 1.03. The number of aromatic nitrogens is 1. The van der Waals surface area contributed by atoms with Crippen LogP contribution in [0.15, 0.2) is 406 Å². The van der Waals surface area contributed by atoms with Crippen LogP contribution in [0.5, 0.6) is 0 Å². The second-order valence-corrected chi connectivity index (χ2v) is 23.8. The van der Waals surface area contributed by atoms with Gasteiger partial charge in [0.25, 0.3) is 0 Å². The first-order valence-corrected chi connectivity index (χ1v) is 32.9. The second kappa shape index (κ2) is 26.9. The molecule has 0 aliphatic carbocycles. The molecule has 1 heterocycles. The zero-order valence-corrected chi connectivity index (χ0v) is 53.3. The standard InChI is InChI=1S/C90H67N7/c1-10-28-68(29-11-1)91(69-30-12-2-13-31-69)77-46-48-80(49-47-77)94(74-40-22-7-23-41-74)81-58-60-84(61-59-81)97-89-66-85(95(75-42-24-8-25-43-75)82-54-50-78(51-55-82)92(70-32-14-3-15-33-70)71-34-16-4-17-35-71)62-64-87(89)88-65-63-86(67-90(88)97)96(76-44-26-9-27-45-76)83-56-52-79(53-57-83)93(72-36-18-5-19-37-72)73-38-20-6-21-39-73/h1-67H. The van der Waals surface area contributed by atoms with E-state index in [1.807, 2.05) is 0 Å². The quantitative estimate of drug-likeness (QED) is 0.0800. The Bertz CT molecular complexity index is 4880. The topological polar surface area (TPSA) is 24.4 Å². The molecule has 0 N–H and O–H groups in total. The van der Waals surface area contributed by atoms with Crippen molar-refractivity contribution in [2.24, 2.45) is 0 Å². The van der Waals surface area contributed by atoms with E-state index in [4.69, 9.17) is 0 Å². The second-order valence-electron chi connectivity index (χ2n) is 23.8. The maximum absolute atomic E-state index is 2.46. The minimum Gasteiger partial charge on any atom is -0.311 e. The molecule has 16 aromatic rings. The molecule has 1 aromatic heterocycles. The van der Waals surface area contributed by atoms with Gasteiger partial charge in [-0.2, -0.15) is 0 Å². The number of hydrogen-bond acceptors (Lipinski definition) is 6. The smallest absolute Gasteiger partial charge is 0.0561 e. The summed E-state index contributed by atoms with van der Waals surface area (Å²) in [7, 11) is 0. The molecule has 97 heavy (non-hydrogen) atoms. The van der Waals surface area contributed by atoms with Crippen LogP contribution in [0.3, 0.4) is 0 Å². The molecule has 0 bridgehead atoms. The van der Waals surface area contributed by atoms with Gasteiger partial charge >= 0.3 is 0 Å². The highest BCUT2D eigenvalue weighted by atomic mass is 15.2. The van der Waals surface area contributed by atoms with Gasteiger partial charge in [0.15, 0.2) is 0 Å². The van der Waals surface area contributed by atoms with Gasteiger partial charge in [-0.15, -0.1) is 0 Å². The molecule has 0 aliphatic heterocycles. The molecular weight excluding hydrogens is 1180 g/mol. The first kappa shape index (κ1) is 58.9. The Morgan fingerprint density at radius 1 is 0.134 bits per heavy atom. The van der Waals surface area contributed by atoms with Crippen LogP contribution in [0.25, 0.3) is 27.5 Å². The maximum atomic E-state index is 2.46. The monoisotopic (exact) mass is 1250 g/mol. The molecule has 0 spiro atoms. The van der Waals surface area contributed by atoms with Crippen LogP contribution < -0.4 is 29.4 Å². The number of benzene rings is 15. The Morgan fingerprint density at radius 3 is 0.464 bits per heavy atom. The van der Waals surface area contributed by atoms with E-state index < -0.39 is 0 Å². The fourth-order valence-electron chi connectivity index (χ4n) is 13.4. The normalized spacial score (nSPS) is 11.1. The maximum Gasteiger partial charge on any atom is 0.0561 e. The van der Waals surface area contributed by atoms with E-state index in [9.17, 15) is 0 Å². The highest BCUT2D eigenvalue weighted by Gasteiger charge is 2.24. The summed E-state index contributed by atoms with van der Waals surface area (Å²) < 4.78 is 2.46. The lowest BCUT2D eigenvalue weighted by molar-refractivity contribution is 1.17. The van der Waals surface area contributed by atoms with Crippen molar-refractivity contribution in [3.05, 3.63) is 406 Å². The molecule has 0 unspecified atom stereocenters. The van der Waals surface area contributed by atoms with E-state index in [2.05, 4.69) is 440 Å². The van der Waals surface area contributed by atoms with E-state index >= 15 is 0 Å². The fraction of sp³-hybridized carbons (Fsp3) is 0. The third-order valence-electron chi connectivity index (χ3n) is 17.8. The predicted octanol–water partition coefficient (Wildman–Crippen LogP) is 25.6. The van der Waals surface area contributed by atoms with Gasteiger partial charge in [0.2, 0.25) is 0 Å². The number of anilines is 18. The lowest BCUT2D eigenvalue weighted by Crippen LogP contribution is -2.12. The van der Waals surface area contributed by atoms with Gasteiger partial charge in [-0.3, -0.25) is 0 Å². The molecule has 462 valence electrons. The van der Waals surface area contributed by atoms with Crippen LogP contribution in [-0.4, -0.2) is 4.57 Å². The highest BCUT2D eigenvalue weighted by Crippen LogP contribution is 2.46. The molecule has 0 saturated heterocycles. The van der Waals surface area contributed by atoms with Crippen molar-refractivity contribution in [3.63, 3.8) is 0 Å². The molecule has 7 heteroatoms. The van der Waals surface area contributed by atoms with Gasteiger partial charge in [0.05, 0.1) is 11.0 Å². The summed E-state index contributed by atoms with van der Waals surface area (Å²) in [6.07, 6.45) is 0. The lowest BCUT2D eigenvalue weighted by Gasteiger charge is -2.29. The summed E-state index contributed by atoms with van der Waals surface area (Å²) in [5, 5.41) is 2.28. The summed E-state index contributed by atoms with van der Waals surface area (Å²) in [6, 6.07) is 145. The summed E-state index contributed by atoms with van der Waals surface area (Å²) >= 11 is 0. The van der Waals surface area contributed by atoms with E-state index in [-0.39, 0.29) is 0 Å². The number of hydrogen-bond donors (Lipinski definition) is 0. The van der Waals surface area contributed by atoms with Gasteiger partial charge in [-0.25, -0.2) is 0 Å². The SMILES string of the molecule is c1ccc(N(c2ccccc2)c2ccc(N(c3ccccc3)c3ccc(-n4c5cc(N(c6ccccc6)c6ccc(N(c7ccccc7)c7ccccc7)cc6)ccc5c5ccc(N(c6ccccc6)c6ccc(N(c7ccccc7)c7ccccc7)cc6)cc54)cc3)cc2)cc1. The Kier molecular flexibility index (Phi) is 16.3. The Balaban J connectivity index is 0.842. The molecule has 0 amide bonds. The Morgan fingerprint density at radius 2 is 0.278 bits per heavy atom. The molecular formula is C90H67N7. The van der Waals surface area contributed by atoms with Crippen molar-refractivity contribution >= 4 is 124 Å². The molecule has 0 radical (unpaired) electrons. The average Bonchev–Trinajstić information content (AvgIpc) is 1.58. The fourth-order valence-corrected chi connectivity index (χ4v) is 13.4. The van der Waals surface area contributed by atoms with Gasteiger partial charge in [-0.05, 0) is 231 Å². The van der Waals surface area contributed by atoms with Crippen molar-refractivity contribution in [2.45, 2.75) is 0 Å². The first-order valence-electron chi connectivity index (χ1n) is 32.9. The van der Waals surface area contributed by atoms with Crippen molar-refractivity contribution in [1.29, 1.82) is 0 Å². The molecule has 0 fully saturated rings. The number of fused-ring (bicyclic) bond motifs is 3. The lowest BCUT2D eigenvalue weighted by atomic mass is 10.1. The van der Waals surface area contributed by atoms with E-state index in [1.165, 1.54) is 0 Å². The van der Waals surface area contributed by atoms with Crippen LogP contribution in [-0.2, 0) is 0 Å². The number of nitrogens with zero attached hydrogens (tertiary/aromatic N) is 7. The van der Waals surface area contributed by atoms with Crippen molar-refractivity contribution in [2.75, 3.05) is 29.4 Å². The molecule has 7 nitrogen and oxygen atoms in total. The minimum atomic E-state index is 1.03. The third-order valence-corrected chi connectivity index (χ3v) is 17.8. The van der Waals surface area contributed by atoms with Crippen LogP contribution in [0, 0.1) is 0 Å². The molecule has 0 atom stereocenters. The van der Waals surface area contributed by atoms with Gasteiger partial charge < -0.3 is 34.0 Å². The molecule has 16 rings (SSSR count). The summed E-state index contributed by atoms with van der Waals surface area (Å²) in [4.78, 5) is 14.0. The van der Waals surface area contributed by atoms with Crippen LogP contribution in [0.2, 0.25) is 0 Å². The summed E-state index contributed by atoms with van der Waals surface area (Å²) in [5.41, 5.74) is 22.2. The van der Waals surface area contributed by atoms with Crippen molar-refractivity contribution < 1.29 is 0 Å². The van der Waals surface area contributed by atoms with Crippen molar-refractivity contribution in [3.8, 4) is 5.69 Å². The molecule has 0 saturated carbocycles. The molecule has 0 aliphatic rings. The highest BCUT2D eigenvalue weighted by molar-refractivity contribution is 6.11. The summed E-state index contributed by atoms with van der Waals surface area (Å²) in [5.74, 6) is 0. The first-order chi connectivity index (χ1) is 48.1. The Labute approximate surface area is 567 Å². The largest absolute Gasteiger partial charge is 0.311 e. The van der Waals surface area contributed by atoms with Crippen LogP contribution in [0.1, 0.15) is 0 Å². The van der Waals surface area contributed by atoms with Gasteiger partial charge in [0, 0.05) is 119 Å². The zero-order valence-electron chi connectivity index (χ0n) is 53.3. The summed E-state index contributed by atoms with van der Waals surface area (Å²) in [6.45, 7) is 0. The molecule has 15 aromatic carbocycles.